The Morgan fingerprint density at radius 1 is 1.32 bits per heavy atom. The topological polar surface area (TPSA) is 30.5 Å². The highest BCUT2D eigenvalue weighted by Gasteiger charge is 2.28. The molecule has 0 aliphatic carbocycles. The molecule has 1 aliphatic rings. The normalized spacial score (nSPS) is 20.9. The van der Waals surface area contributed by atoms with E-state index < -0.39 is 0 Å². The summed E-state index contributed by atoms with van der Waals surface area (Å²) < 4.78 is 11.9. The van der Waals surface area contributed by atoms with Crippen LogP contribution in [-0.2, 0) is 0 Å². The molecule has 106 valence electrons. The zero-order chi connectivity index (χ0) is 13.7. The average Bonchev–Trinajstić information content (AvgIpc) is 2.44. The summed E-state index contributed by atoms with van der Waals surface area (Å²) in [6.07, 6.45) is 3.73. The highest BCUT2D eigenvalue weighted by Crippen LogP contribution is 2.32. The highest BCUT2D eigenvalue weighted by atomic mass is 16.6. The first kappa shape index (κ1) is 14.2. The van der Waals surface area contributed by atoms with Gasteiger partial charge in [-0.1, -0.05) is 38.8 Å². The molecule has 1 aromatic rings. The molecule has 2 rings (SSSR count). The summed E-state index contributed by atoms with van der Waals surface area (Å²) in [5, 5.41) is 3.39. The van der Waals surface area contributed by atoms with Crippen molar-refractivity contribution in [3.05, 3.63) is 24.3 Å². The van der Waals surface area contributed by atoms with Crippen LogP contribution in [0.1, 0.15) is 33.1 Å². The standard InChI is InChI=1S/C16H25NO2/c1-4-7-12(2)10-13(17-3)16-11-18-14-8-5-6-9-15(14)19-16/h5-6,8-9,12-13,16-17H,4,7,10-11H2,1-3H3. The summed E-state index contributed by atoms with van der Waals surface area (Å²) >= 11 is 0. The fraction of sp³-hybridized carbons (Fsp3) is 0.625. The molecular weight excluding hydrogens is 238 g/mol. The molecule has 0 saturated carbocycles. The summed E-state index contributed by atoms with van der Waals surface area (Å²) in [6, 6.07) is 8.23. The van der Waals surface area contributed by atoms with Gasteiger partial charge in [0.1, 0.15) is 12.7 Å². The number of rotatable bonds is 6. The minimum Gasteiger partial charge on any atom is -0.486 e. The second kappa shape index (κ2) is 6.80. The predicted octanol–water partition coefficient (Wildman–Crippen LogP) is 3.24. The SMILES string of the molecule is CCCC(C)CC(NC)C1COc2ccccc2O1. The van der Waals surface area contributed by atoms with Crippen LogP contribution in [0.25, 0.3) is 0 Å². The van der Waals surface area contributed by atoms with E-state index in [1.165, 1.54) is 12.8 Å². The van der Waals surface area contributed by atoms with Gasteiger partial charge in [-0.05, 0) is 31.5 Å². The van der Waals surface area contributed by atoms with Crippen LogP contribution in [0.3, 0.4) is 0 Å². The summed E-state index contributed by atoms with van der Waals surface area (Å²) in [5.41, 5.74) is 0. The number of para-hydroxylation sites is 2. The van der Waals surface area contributed by atoms with Crippen LogP contribution in [0.4, 0.5) is 0 Å². The zero-order valence-corrected chi connectivity index (χ0v) is 12.2. The van der Waals surface area contributed by atoms with Crippen molar-refractivity contribution in [1.29, 1.82) is 0 Å². The molecule has 3 heteroatoms. The number of benzene rings is 1. The minimum atomic E-state index is 0.0965. The lowest BCUT2D eigenvalue weighted by Crippen LogP contribution is -2.47. The zero-order valence-electron chi connectivity index (χ0n) is 12.2. The molecule has 0 saturated heterocycles. The molecule has 0 amide bonds. The Hall–Kier alpha value is -1.22. The van der Waals surface area contributed by atoms with Gasteiger partial charge in [-0.25, -0.2) is 0 Å². The van der Waals surface area contributed by atoms with Crippen LogP contribution >= 0.6 is 0 Å². The van der Waals surface area contributed by atoms with Gasteiger partial charge < -0.3 is 14.8 Å². The second-order valence-electron chi connectivity index (χ2n) is 5.44. The number of fused-ring (bicyclic) bond motifs is 1. The smallest absolute Gasteiger partial charge is 0.161 e. The number of ether oxygens (including phenoxy) is 2. The van der Waals surface area contributed by atoms with Gasteiger partial charge in [0.25, 0.3) is 0 Å². The van der Waals surface area contributed by atoms with E-state index in [0.29, 0.717) is 18.6 Å². The van der Waals surface area contributed by atoms with E-state index in [1.807, 2.05) is 31.3 Å². The van der Waals surface area contributed by atoms with Crippen molar-refractivity contribution in [3.63, 3.8) is 0 Å². The van der Waals surface area contributed by atoms with E-state index in [1.54, 1.807) is 0 Å². The Bertz CT molecular complexity index is 394. The molecule has 1 heterocycles. The highest BCUT2D eigenvalue weighted by molar-refractivity contribution is 5.40. The first-order valence-corrected chi connectivity index (χ1v) is 7.30. The van der Waals surface area contributed by atoms with Gasteiger partial charge in [0, 0.05) is 6.04 Å². The lowest BCUT2D eigenvalue weighted by molar-refractivity contribution is 0.0570. The Balaban J connectivity index is 1.97. The number of hydrogen-bond acceptors (Lipinski definition) is 3. The van der Waals surface area contributed by atoms with E-state index in [4.69, 9.17) is 9.47 Å². The molecule has 0 spiro atoms. The van der Waals surface area contributed by atoms with E-state index in [0.717, 1.165) is 17.9 Å². The van der Waals surface area contributed by atoms with Crippen molar-refractivity contribution in [2.45, 2.75) is 45.3 Å². The van der Waals surface area contributed by atoms with Crippen molar-refractivity contribution < 1.29 is 9.47 Å². The molecule has 3 nitrogen and oxygen atoms in total. The summed E-state index contributed by atoms with van der Waals surface area (Å²) in [7, 11) is 2.01. The first-order valence-electron chi connectivity index (χ1n) is 7.30. The summed E-state index contributed by atoms with van der Waals surface area (Å²) in [5.74, 6) is 2.43. The first-order chi connectivity index (χ1) is 9.24. The minimum absolute atomic E-state index is 0.0965. The average molecular weight is 263 g/mol. The second-order valence-corrected chi connectivity index (χ2v) is 5.44. The molecule has 0 aromatic heterocycles. The van der Waals surface area contributed by atoms with Crippen LogP contribution in [0.2, 0.25) is 0 Å². The number of nitrogens with one attached hydrogen (secondary N) is 1. The Morgan fingerprint density at radius 2 is 2.05 bits per heavy atom. The van der Waals surface area contributed by atoms with Gasteiger partial charge in [0.2, 0.25) is 0 Å². The lowest BCUT2D eigenvalue weighted by Gasteiger charge is -2.33. The van der Waals surface area contributed by atoms with Gasteiger partial charge in [-0.3, -0.25) is 0 Å². The quantitative estimate of drug-likeness (QED) is 0.854. The van der Waals surface area contributed by atoms with Crippen LogP contribution in [0, 0.1) is 5.92 Å². The monoisotopic (exact) mass is 263 g/mol. The lowest BCUT2D eigenvalue weighted by atomic mass is 9.94. The molecule has 1 aliphatic heterocycles. The van der Waals surface area contributed by atoms with Gasteiger partial charge in [0.05, 0.1) is 0 Å². The van der Waals surface area contributed by atoms with Gasteiger partial charge in [-0.2, -0.15) is 0 Å². The number of likely N-dealkylation sites (N-methyl/N-ethyl adjacent to an activating group) is 1. The molecular formula is C16H25NO2. The third kappa shape index (κ3) is 3.63. The Labute approximate surface area is 116 Å². The molecule has 19 heavy (non-hydrogen) atoms. The fourth-order valence-corrected chi connectivity index (χ4v) is 2.73. The van der Waals surface area contributed by atoms with E-state index in [9.17, 15) is 0 Å². The molecule has 1 aromatic carbocycles. The van der Waals surface area contributed by atoms with Crippen molar-refractivity contribution in [1.82, 2.24) is 5.32 Å². The molecule has 3 atom stereocenters. The Morgan fingerprint density at radius 3 is 2.74 bits per heavy atom. The number of hydrogen-bond donors (Lipinski definition) is 1. The van der Waals surface area contributed by atoms with Crippen molar-refractivity contribution in [2.75, 3.05) is 13.7 Å². The van der Waals surface area contributed by atoms with E-state index in [2.05, 4.69) is 19.2 Å². The largest absolute Gasteiger partial charge is 0.486 e. The summed E-state index contributed by atoms with van der Waals surface area (Å²) in [4.78, 5) is 0. The predicted molar refractivity (Wildman–Crippen MR) is 77.9 cm³/mol. The maximum atomic E-state index is 6.08. The maximum absolute atomic E-state index is 6.08. The van der Waals surface area contributed by atoms with Crippen molar-refractivity contribution in [3.8, 4) is 11.5 Å². The molecule has 0 fully saturated rings. The molecule has 1 N–H and O–H groups in total. The Kier molecular flexibility index (Phi) is 5.08. The third-order valence-corrected chi connectivity index (χ3v) is 3.79. The van der Waals surface area contributed by atoms with Crippen LogP contribution < -0.4 is 14.8 Å². The van der Waals surface area contributed by atoms with E-state index >= 15 is 0 Å². The summed E-state index contributed by atoms with van der Waals surface area (Å²) in [6.45, 7) is 5.17. The van der Waals surface area contributed by atoms with Crippen molar-refractivity contribution in [2.24, 2.45) is 5.92 Å². The van der Waals surface area contributed by atoms with E-state index in [-0.39, 0.29) is 6.10 Å². The van der Waals surface area contributed by atoms with Crippen LogP contribution in [0.5, 0.6) is 11.5 Å². The van der Waals surface area contributed by atoms with Gasteiger partial charge >= 0.3 is 0 Å². The fourth-order valence-electron chi connectivity index (χ4n) is 2.73. The van der Waals surface area contributed by atoms with Crippen LogP contribution in [0.15, 0.2) is 24.3 Å². The van der Waals surface area contributed by atoms with Gasteiger partial charge in [-0.15, -0.1) is 0 Å². The van der Waals surface area contributed by atoms with Crippen LogP contribution in [-0.4, -0.2) is 25.8 Å². The van der Waals surface area contributed by atoms with Gasteiger partial charge in [0.15, 0.2) is 11.5 Å². The maximum Gasteiger partial charge on any atom is 0.161 e. The molecule has 0 radical (unpaired) electrons. The third-order valence-electron chi connectivity index (χ3n) is 3.79. The van der Waals surface area contributed by atoms with Crippen molar-refractivity contribution >= 4 is 0 Å². The molecule has 0 bridgehead atoms. The molecule has 3 unspecified atom stereocenters.